The van der Waals surface area contributed by atoms with Crippen molar-refractivity contribution in [1.82, 2.24) is 14.8 Å². The number of benzene rings is 2. The molecule has 0 aliphatic rings. The molecule has 0 saturated heterocycles. The van der Waals surface area contributed by atoms with Gasteiger partial charge in [0.15, 0.2) is 12.3 Å². The summed E-state index contributed by atoms with van der Waals surface area (Å²) in [5.74, 6) is -0.962. The number of carbonyl (C=O) groups is 2. The van der Waals surface area contributed by atoms with E-state index < -0.39 is 5.97 Å². The van der Waals surface area contributed by atoms with E-state index in [0.29, 0.717) is 28.0 Å². The van der Waals surface area contributed by atoms with Crippen LogP contribution in [0.1, 0.15) is 41.0 Å². The Balaban J connectivity index is 1.60. The van der Waals surface area contributed by atoms with E-state index in [0.717, 1.165) is 35.2 Å². The van der Waals surface area contributed by atoms with Crippen LogP contribution in [0.5, 0.6) is 0 Å². The van der Waals surface area contributed by atoms with Gasteiger partial charge in [-0.05, 0) is 37.0 Å². The van der Waals surface area contributed by atoms with Crippen LogP contribution >= 0.6 is 0 Å². The molecule has 2 aromatic heterocycles. The molecule has 2 heterocycles. The summed E-state index contributed by atoms with van der Waals surface area (Å²) in [6.45, 7) is 5.52. The fraction of sp³-hybridized carbons (Fsp3) is 0.259. The summed E-state index contributed by atoms with van der Waals surface area (Å²) in [6.07, 6.45) is 1.58. The molecule has 0 atom stereocenters. The summed E-state index contributed by atoms with van der Waals surface area (Å²) in [5.41, 5.74) is 6.00. The molecule has 34 heavy (non-hydrogen) atoms. The van der Waals surface area contributed by atoms with Gasteiger partial charge in [0.25, 0.3) is 5.91 Å². The molecule has 0 bridgehead atoms. The lowest BCUT2D eigenvalue weighted by Crippen LogP contribution is -2.22. The summed E-state index contributed by atoms with van der Waals surface area (Å²) in [7, 11) is 1.79. The molecule has 4 aromatic rings. The van der Waals surface area contributed by atoms with Crippen LogP contribution in [0.3, 0.4) is 0 Å². The molecule has 1 amide bonds. The Morgan fingerprint density at radius 2 is 1.68 bits per heavy atom. The second kappa shape index (κ2) is 9.87. The van der Waals surface area contributed by atoms with Crippen LogP contribution in [0.4, 0.5) is 5.69 Å². The van der Waals surface area contributed by atoms with Crippen molar-refractivity contribution in [1.29, 1.82) is 0 Å². The zero-order valence-electron chi connectivity index (χ0n) is 19.9. The highest BCUT2D eigenvalue weighted by molar-refractivity contribution is 6.06. The first-order valence-electron chi connectivity index (χ1n) is 11.4. The summed E-state index contributed by atoms with van der Waals surface area (Å²) in [5, 5.41) is 7.98. The van der Waals surface area contributed by atoms with Gasteiger partial charge in [0.1, 0.15) is 0 Å². The third-order valence-corrected chi connectivity index (χ3v) is 5.86. The van der Waals surface area contributed by atoms with Gasteiger partial charge in [-0.1, -0.05) is 62.4 Å². The van der Waals surface area contributed by atoms with E-state index in [4.69, 9.17) is 9.72 Å². The number of fused-ring (bicyclic) bond motifs is 1. The maximum absolute atomic E-state index is 13.1. The van der Waals surface area contributed by atoms with Crippen molar-refractivity contribution < 1.29 is 14.3 Å². The minimum absolute atomic E-state index is 0.338. The van der Waals surface area contributed by atoms with Crippen LogP contribution < -0.4 is 5.32 Å². The standard InChI is InChI=1S/C27H28N4O3/c1-5-18-13-10-14-19(6-2)25(18)29-23(32)16-34-27(33)21-15-22(20-11-8-7-9-12-20)28-26-24(21)17(3)30-31(26)4/h7-15H,5-6,16H2,1-4H3,(H,29,32). The zero-order valence-corrected chi connectivity index (χ0v) is 19.9. The summed E-state index contributed by atoms with van der Waals surface area (Å²) in [4.78, 5) is 30.5. The van der Waals surface area contributed by atoms with Crippen LogP contribution in [-0.2, 0) is 29.4 Å². The molecule has 0 spiro atoms. The Morgan fingerprint density at radius 3 is 2.32 bits per heavy atom. The number of nitrogens with zero attached hydrogens (tertiary/aromatic N) is 3. The molecule has 0 unspecified atom stereocenters. The van der Waals surface area contributed by atoms with Crippen LogP contribution in [0.15, 0.2) is 54.6 Å². The highest BCUT2D eigenvalue weighted by Crippen LogP contribution is 2.27. The minimum Gasteiger partial charge on any atom is -0.452 e. The van der Waals surface area contributed by atoms with E-state index in [-0.39, 0.29) is 12.5 Å². The average molecular weight is 457 g/mol. The van der Waals surface area contributed by atoms with E-state index in [2.05, 4.69) is 10.4 Å². The molecular weight excluding hydrogens is 428 g/mol. The lowest BCUT2D eigenvalue weighted by molar-refractivity contribution is -0.119. The smallest absolute Gasteiger partial charge is 0.339 e. The molecule has 0 aliphatic carbocycles. The number of aromatic nitrogens is 3. The monoisotopic (exact) mass is 456 g/mol. The van der Waals surface area contributed by atoms with Crippen LogP contribution in [0.2, 0.25) is 0 Å². The average Bonchev–Trinajstić information content (AvgIpc) is 3.15. The third kappa shape index (κ3) is 4.55. The number of hydrogen-bond donors (Lipinski definition) is 1. The molecule has 0 aliphatic heterocycles. The summed E-state index contributed by atoms with van der Waals surface area (Å²) in [6, 6.07) is 17.3. The Bertz CT molecular complexity index is 1340. The van der Waals surface area contributed by atoms with E-state index in [1.165, 1.54) is 0 Å². The lowest BCUT2D eigenvalue weighted by Gasteiger charge is -2.14. The first kappa shape index (κ1) is 23.2. The van der Waals surface area contributed by atoms with Crippen molar-refractivity contribution in [2.24, 2.45) is 7.05 Å². The quantitative estimate of drug-likeness (QED) is 0.401. The second-order valence-corrected chi connectivity index (χ2v) is 8.11. The molecule has 174 valence electrons. The number of carbonyl (C=O) groups excluding carboxylic acids is 2. The molecule has 1 N–H and O–H groups in total. The normalized spacial score (nSPS) is 10.9. The molecule has 0 saturated carbocycles. The predicted octanol–water partition coefficient (Wildman–Crippen LogP) is 4.86. The van der Waals surface area contributed by atoms with Gasteiger partial charge >= 0.3 is 5.97 Å². The number of pyridine rings is 1. The number of para-hydroxylation sites is 1. The fourth-order valence-electron chi connectivity index (χ4n) is 4.15. The number of anilines is 1. The van der Waals surface area contributed by atoms with E-state index in [1.807, 2.05) is 69.3 Å². The van der Waals surface area contributed by atoms with Crippen molar-refractivity contribution >= 4 is 28.6 Å². The largest absolute Gasteiger partial charge is 0.452 e. The van der Waals surface area contributed by atoms with Gasteiger partial charge in [0.2, 0.25) is 0 Å². The maximum Gasteiger partial charge on any atom is 0.339 e. The van der Waals surface area contributed by atoms with Crippen molar-refractivity contribution in [2.75, 3.05) is 11.9 Å². The molecule has 2 aromatic carbocycles. The maximum atomic E-state index is 13.1. The number of amides is 1. The minimum atomic E-state index is -0.588. The van der Waals surface area contributed by atoms with Crippen LogP contribution in [-0.4, -0.2) is 33.2 Å². The highest BCUT2D eigenvalue weighted by atomic mass is 16.5. The van der Waals surface area contributed by atoms with Gasteiger partial charge in [0.05, 0.1) is 22.3 Å². The Hall–Kier alpha value is -4.00. The first-order chi connectivity index (χ1) is 16.4. The lowest BCUT2D eigenvalue weighted by atomic mass is 10.0. The van der Waals surface area contributed by atoms with Gasteiger partial charge in [0, 0.05) is 18.3 Å². The van der Waals surface area contributed by atoms with E-state index >= 15 is 0 Å². The molecule has 0 fully saturated rings. The fourth-order valence-corrected chi connectivity index (χ4v) is 4.15. The number of hydrogen-bond acceptors (Lipinski definition) is 5. The van der Waals surface area contributed by atoms with Gasteiger partial charge in [-0.3, -0.25) is 9.48 Å². The topological polar surface area (TPSA) is 86.1 Å². The van der Waals surface area contributed by atoms with Crippen LogP contribution in [0.25, 0.3) is 22.3 Å². The summed E-state index contributed by atoms with van der Waals surface area (Å²) >= 11 is 0. The van der Waals surface area contributed by atoms with Gasteiger partial charge in [-0.15, -0.1) is 0 Å². The number of esters is 1. The molecule has 7 heteroatoms. The van der Waals surface area contributed by atoms with Gasteiger partial charge in [-0.25, -0.2) is 9.78 Å². The van der Waals surface area contributed by atoms with Crippen molar-refractivity contribution in [2.45, 2.75) is 33.6 Å². The molecule has 7 nitrogen and oxygen atoms in total. The SMILES string of the molecule is CCc1cccc(CC)c1NC(=O)COC(=O)c1cc(-c2ccccc2)nc2c1c(C)nn2C. The van der Waals surface area contributed by atoms with Crippen molar-refractivity contribution in [3.8, 4) is 11.3 Å². The van der Waals surface area contributed by atoms with Gasteiger partial charge in [-0.2, -0.15) is 5.10 Å². The van der Waals surface area contributed by atoms with E-state index in [9.17, 15) is 9.59 Å². The predicted molar refractivity (Wildman–Crippen MR) is 133 cm³/mol. The number of aryl methyl sites for hydroxylation is 4. The Morgan fingerprint density at radius 1 is 1.00 bits per heavy atom. The van der Waals surface area contributed by atoms with Gasteiger partial charge < -0.3 is 10.1 Å². The zero-order chi connectivity index (χ0) is 24.2. The van der Waals surface area contributed by atoms with E-state index in [1.54, 1.807) is 17.8 Å². The number of rotatable bonds is 7. The highest BCUT2D eigenvalue weighted by Gasteiger charge is 2.21. The second-order valence-electron chi connectivity index (χ2n) is 8.11. The Kier molecular flexibility index (Phi) is 6.72. The number of nitrogens with one attached hydrogen (secondary N) is 1. The Labute approximate surface area is 198 Å². The first-order valence-corrected chi connectivity index (χ1v) is 11.4. The molecule has 4 rings (SSSR count). The number of ether oxygens (including phenoxy) is 1. The molecule has 0 radical (unpaired) electrons. The third-order valence-electron chi connectivity index (χ3n) is 5.86. The van der Waals surface area contributed by atoms with Crippen LogP contribution in [0, 0.1) is 6.92 Å². The summed E-state index contributed by atoms with van der Waals surface area (Å²) < 4.78 is 7.10. The molecular formula is C27H28N4O3. The van der Waals surface area contributed by atoms with Crippen molar-refractivity contribution in [3.05, 3.63) is 77.0 Å². The van der Waals surface area contributed by atoms with Crippen molar-refractivity contribution in [3.63, 3.8) is 0 Å².